The maximum Gasteiger partial charge on any atom is 0.303 e. The number of carbonyl (C=O) groups is 2. The summed E-state index contributed by atoms with van der Waals surface area (Å²) in [5.74, 6) is -0.0607. The normalized spacial score (nSPS) is 22.6. The molecule has 0 radical (unpaired) electrons. The number of hydrogen-bond acceptors (Lipinski definition) is 4. The molecule has 1 unspecified atom stereocenters. The summed E-state index contributed by atoms with van der Waals surface area (Å²) in [7, 11) is 0. The van der Waals surface area contributed by atoms with Crippen LogP contribution >= 0.6 is 0 Å². The molecule has 1 amide bonds. The summed E-state index contributed by atoms with van der Waals surface area (Å²) in [5, 5.41) is 0. The van der Waals surface area contributed by atoms with E-state index in [0.29, 0.717) is 13.0 Å². The standard InChI is InChI=1S/C15H26N2O3/c1-13(18)20-14(12-17-10-6-7-15(17)19)11-16-8-4-2-3-5-9-16/h14H,2-12H2,1H3. The van der Waals surface area contributed by atoms with Crippen LogP contribution in [0.2, 0.25) is 0 Å². The quantitative estimate of drug-likeness (QED) is 0.716. The molecule has 0 spiro atoms. The fraction of sp³-hybridized carbons (Fsp3) is 0.867. The van der Waals surface area contributed by atoms with E-state index in [0.717, 1.165) is 32.6 Å². The lowest BCUT2D eigenvalue weighted by molar-refractivity contribution is -0.150. The van der Waals surface area contributed by atoms with Crippen LogP contribution in [0.25, 0.3) is 0 Å². The molecule has 1 atom stereocenters. The molecule has 114 valence electrons. The van der Waals surface area contributed by atoms with Gasteiger partial charge in [-0.1, -0.05) is 12.8 Å². The number of hydrogen-bond donors (Lipinski definition) is 0. The van der Waals surface area contributed by atoms with Crippen molar-refractivity contribution >= 4 is 11.9 Å². The first-order valence-electron chi connectivity index (χ1n) is 7.82. The second-order valence-corrected chi connectivity index (χ2v) is 5.89. The van der Waals surface area contributed by atoms with E-state index in [1.165, 1.54) is 32.6 Å². The molecule has 0 saturated carbocycles. The second kappa shape index (κ2) is 7.62. The number of esters is 1. The first-order chi connectivity index (χ1) is 9.65. The van der Waals surface area contributed by atoms with Crippen LogP contribution in [0.5, 0.6) is 0 Å². The summed E-state index contributed by atoms with van der Waals surface area (Å²) >= 11 is 0. The molecule has 0 aromatic rings. The van der Waals surface area contributed by atoms with Gasteiger partial charge in [-0.25, -0.2) is 0 Å². The Balaban J connectivity index is 1.88. The van der Waals surface area contributed by atoms with Crippen LogP contribution in [-0.4, -0.2) is 60.5 Å². The maximum atomic E-state index is 11.7. The minimum absolute atomic E-state index is 0.187. The van der Waals surface area contributed by atoms with Crippen LogP contribution in [0.15, 0.2) is 0 Å². The first-order valence-corrected chi connectivity index (χ1v) is 7.82. The highest BCUT2D eigenvalue weighted by Gasteiger charge is 2.26. The van der Waals surface area contributed by atoms with Crippen LogP contribution in [0.4, 0.5) is 0 Å². The molecular weight excluding hydrogens is 256 g/mol. The Labute approximate surface area is 121 Å². The molecule has 0 aromatic heterocycles. The van der Waals surface area contributed by atoms with Crippen molar-refractivity contribution in [2.45, 2.75) is 51.6 Å². The largest absolute Gasteiger partial charge is 0.459 e. The molecule has 20 heavy (non-hydrogen) atoms. The highest BCUT2D eigenvalue weighted by molar-refractivity contribution is 5.78. The van der Waals surface area contributed by atoms with E-state index < -0.39 is 0 Å². The number of amides is 1. The van der Waals surface area contributed by atoms with Crippen molar-refractivity contribution in [3.63, 3.8) is 0 Å². The number of carbonyl (C=O) groups excluding carboxylic acids is 2. The lowest BCUT2D eigenvalue weighted by atomic mass is 10.2. The van der Waals surface area contributed by atoms with Gasteiger partial charge < -0.3 is 9.64 Å². The first kappa shape index (κ1) is 15.3. The zero-order valence-corrected chi connectivity index (χ0v) is 12.5. The van der Waals surface area contributed by atoms with Crippen molar-refractivity contribution in [3.05, 3.63) is 0 Å². The van der Waals surface area contributed by atoms with Crippen LogP contribution in [0.1, 0.15) is 45.4 Å². The van der Waals surface area contributed by atoms with Gasteiger partial charge in [-0.2, -0.15) is 0 Å². The molecule has 0 aliphatic carbocycles. The number of rotatable bonds is 5. The van der Waals surface area contributed by atoms with Crippen molar-refractivity contribution in [1.29, 1.82) is 0 Å². The molecule has 2 aliphatic rings. The monoisotopic (exact) mass is 282 g/mol. The van der Waals surface area contributed by atoms with E-state index in [1.54, 1.807) is 0 Å². The number of nitrogens with zero attached hydrogens (tertiary/aromatic N) is 2. The van der Waals surface area contributed by atoms with Crippen LogP contribution in [0.3, 0.4) is 0 Å². The van der Waals surface area contributed by atoms with Gasteiger partial charge in [-0.15, -0.1) is 0 Å². The summed E-state index contributed by atoms with van der Waals surface area (Å²) in [6.07, 6.45) is 6.39. The molecule has 0 aromatic carbocycles. The fourth-order valence-corrected chi connectivity index (χ4v) is 3.12. The Bertz CT molecular complexity index is 338. The van der Waals surface area contributed by atoms with Gasteiger partial charge in [0.05, 0.1) is 6.54 Å². The van der Waals surface area contributed by atoms with Gasteiger partial charge in [-0.3, -0.25) is 14.5 Å². The average Bonchev–Trinajstić information content (AvgIpc) is 2.64. The Hall–Kier alpha value is -1.10. The third-order valence-corrected chi connectivity index (χ3v) is 4.09. The van der Waals surface area contributed by atoms with E-state index in [2.05, 4.69) is 4.90 Å². The molecule has 5 heteroatoms. The molecule has 0 N–H and O–H groups in total. The van der Waals surface area contributed by atoms with Gasteiger partial charge in [0.1, 0.15) is 6.10 Å². The van der Waals surface area contributed by atoms with Crippen molar-refractivity contribution in [2.24, 2.45) is 0 Å². The predicted octanol–water partition coefficient (Wildman–Crippen LogP) is 1.42. The van der Waals surface area contributed by atoms with Crippen molar-refractivity contribution in [2.75, 3.05) is 32.7 Å². The maximum absolute atomic E-state index is 11.7. The molecule has 2 saturated heterocycles. The van der Waals surface area contributed by atoms with E-state index >= 15 is 0 Å². The topological polar surface area (TPSA) is 49.9 Å². The van der Waals surface area contributed by atoms with E-state index in [1.807, 2.05) is 4.90 Å². The Morgan fingerprint density at radius 3 is 2.35 bits per heavy atom. The van der Waals surface area contributed by atoms with Gasteiger partial charge >= 0.3 is 5.97 Å². The summed E-state index contributed by atoms with van der Waals surface area (Å²) in [5.41, 5.74) is 0. The Kier molecular flexibility index (Phi) is 5.83. The SMILES string of the molecule is CC(=O)OC(CN1CCCCCC1)CN1CCCC1=O. The third kappa shape index (κ3) is 4.78. The van der Waals surface area contributed by atoms with Gasteiger partial charge in [0.25, 0.3) is 0 Å². The van der Waals surface area contributed by atoms with Gasteiger partial charge in [0.2, 0.25) is 5.91 Å². The molecule has 2 fully saturated rings. The van der Waals surface area contributed by atoms with Gasteiger partial charge in [0.15, 0.2) is 0 Å². The highest BCUT2D eigenvalue weighted by atomic mass is 16.5. The summed E-state index contributed by atoms with van der Waals surface area (Å²) < 4.78 is 5.43. The number of ether oxygens (including phenoxy) is 1. The van der Waals surface area contributed by atoms with Crippen LogP contribution < -0.4 is 0 Å². The van der Waals surface area contributed by atoms with E-state index in [4.69, 9.17) is 4.74 Å². The predicted molar refractivity (Wildman–Crippen MR) is 76.3 cm³/mol. The minimum atomic E-state index is -0.253. The van der Waals surface area contributed by atoms with Gasteiger partial charge in [-0.05, 0) is 32.4 Å². The zero-order chi connectivity index (χ0) is 14.4. The highest BCUT2D eigenvalue weighted by Crippen LogP contribution is 2.14. The van der Waals surface area contributed by atoms with E-state index in [9.17, 15) is 9.59 Å². The Morgan fingerprint density at radius 1 is 1.10 bits per heavy atom. The summed E-state index contributed by atoms with van der Waals surface area (Å²) in [6, 6.07) is 0. The molecule has 2 rings (SSSR count). The molecule has 0 bridgehead atoms. The lowest BCUT2D eigenvalue weighted by Gasteiger charge is -2.28. The van der Waals surface area contributed by atoms with E-state index in [-0.39, 0.29) is 18.0 Å². The molecule has 2 heterocycles. The van der Waals surface area contributed by atoms with Crippen LogP contribution in [0, 0.1) is 0 Å². The van der Waals surface area contributed by atoms with Crippen LogP contribution in [-0.2, 0) is 14.3 Å². The third-order valence-electron chi connectivity index (χ3n) is 4.09. The average molecular weight is 282 g/mol. The van der Waals surface area contributed by atoms with Crippen molar-refractivity contribution in [1.82, 2.24) is 9.80 Å². The number of likely N-dealkylation sites (tertiary alicyclic amines) is 2. The summed E-state index contributed by atoms with van der Waals surface area (Å²) in [4.78, 5) is 27.2. The minimum Gasteiger partial charge on any atom is -0.459 e. The molecule has 2 aliphatic heterocycles. The zero-order valence-electron chi connectivity index (χ0n) is 12.5. The molecular formula is C15H26N2O3. The lowest BCUT2D eigenvalue weighted by Crippen LogP contribution is -2.43. The summed E-state index contributed by atoms with van der Waals surface area (Å²) in [6.45, 7) is 5.70. The Morgan fingerprint density at radius 2 is 1.80 bits per heavy atom. The second-order valence-electron chi connectivity index (χ2n) is 5.89. The van der Waals surface area contributed by atoms with Crippen molar-refractivity contribution in [3.8, 4) is 0 Å². The fourth-order valence-electron chi connectivity index (χ4n) is 3.12. The smallest absolute Gasteiger partial charge is 0.303 e. The van der Waals surface area contributed by atoms with Crippen molar-refractivity contribution < 1.29 is 14.3 Å². The van der Waals surface area contributed by atoms with Gasteiger partial charge in [0, 0.05) is 26.4 Å². The molecule has 5 nitrogen and oxygen atoms in total.